The number of nitrogens with zero attached hydrogens (tertiary/aromatic N) is 2. The molecule has 2 aromatic heterocycles. The van der Waals surface area contributed by atoms with Crippen LogP contribution in [0.2, 0.25) is 0 Å². The van der Waals surface area contributed by atoms with Crippen LogP contribution < -0.4 is 0 Å². The average Bonchev–Trinajstić information content (AvgIpc) is 2.99. The lowest BCUT2D eigenvalue weighted by molar-refractivity contribution is 0.328. The molecule has 0 aromatic carbocycles. The zero-order chi connectivity index (χ0) is 10.8. The molecule has 1 aliphatic rings. The quantitative estimate of drug-likeness (QED) is 0.829. The molecule has 0 amide bonds. The Morgan fingerprint density at radius 1 is 1.25 bits per heavy atom. The van der Waals surface area contributed by atoms with Crippen LogP contribution in [-0.4, -0.2) is 23.0 Å². The summed E-state index contributed by atoms with van der Waals surface area (Å²) in [7, 11) is 0. The van der Waals surface area contributed by atoms with Crippen molar-refractivity contribution in [1.29, 1.82) is 0 Å². The number of hydrogen-bond acceptors (Lipinski definition) is 4. The second-order valence-corrected chi connectivity index (χ2v) is 5.91. The van der Waals surface area contributed by atoms with Crippen LogP contribution in [0, 0.1) is 0 Å². The number of likely N-dealkylation sites (tertiary alicyclic amines) is 1. The van der Waals surface area contributed by atoms with Crippen LogP contribution in [0.5, 0.6) is 0 Å². The van der Waals surface area contributed by atoms with Gasteiger partial charge in [0.1, 0.15) is 5.01 Å². The fraction of sp³-hybridized carbons (Fsp3) is 0.417. The topological polar surface area (TPSA) is 16.1 Å². The lowest BCUT2D eigenvalue weighted by atomic mass is 10.4. The summed E-state index contributed by atoms with van der Waals surface area (Å²) in [6, 6.07) is 4.23. The minimum absolute atomic E-state index is 1.03. The monoisotopic (exact) mass is 250 g/mol. The summed E-state index contributed by atoms with van der Waals surface area (Å²) in [6.07, 6.45) is 2.70. The molecule has 0 aliphatic carbocycles. The van der Waals surface area contributed by atoms with Gasteiger partial charge in [0.05, 0.1) is 10.6 Å². The van der Waals surface area contributed by atoms with Gasteiger partial charge in [-0.3, -0.25) is 4.90 Å². The molecule has 1 saturated heterocycles. The first-order valence-corrected chi connectivity index (χ1v) is 7.38. The smallest absolute Gasteiger partial charge is 0.133 e. The summed E-state index contributed by atoms with van der Waals surface area (Å²) in [5.41, 5.74) is 1.23. The maximum Gasteiger partial charge on any atom is 0.133 e. The molecule has 0 radical (unpaired) electrons. The molecule has 1 aliphatic heterocycles. The van der Waals surface area contributed by atoms with Crippen molar-refractivity contribution in [3.05, 3.63) is 28.6 Å². The number of hydrogen-bond donors (Lipinski definition) is 0. The Kier molecular flexibility index (Phi) is 3.04. The highest BCUT2D eigenvalue weighted by Crippen LogP contribution is 2.28. The van der Waals surface area contributed by atoms with Crippen molar-refractivity contribution in [2.24, 2.45) is 0 Å². The first-order chi connectivity index (χ1) is 7.92. The van der Waals surface area contributed by atoms with Gasteiger partial charge in [-0.25, -0.2) is 4.98 Å². The lowest BCUT2D eigenvalue weighted by Crippen LogP contribution is -2.18. The van der Waals surface area contributed by atoms with E-state index in [1.54, 1.807) is 22.7 Å². The number of rotatable bonds is 3. The molecule has 16 heavy (non-hydrogen) atoms. The molecular weight excluding hydrogens is 236 g/mol. The number of thiophene rings is 1. The van der Waals surface area contributed by atoms with Crippen LogP contribution >= 0.6 is 22.7 Å². The fourth-order valence-electron chi connectivity index (χ4n) is 2.06. The molecule has 2 nitrogen and oxygen atoms in total. The molecule has 2 aromatic rings. The van der Waals surface area contributed by atoms with Crippen molar-refractivity contribution < 1.29 is 0 Å². The summed E-state index contributed by atoms with van der Waals surface area (Å²) in [4.78, 5) is 8.49. The van der Waals surface area contributed by atoms with E-state index in [2.05, 4.69) is 27.8 Å². The zero-order valence-electron chi connectivity index (χ0n) is 9.06. The van der Waals surface area contributed by atoms with Crippen LogP contribution in [0.3, 0.4) is 0 Å². The highest BCUT2D eigenvalue weighted by molar-refractivity contribution is 7.20. The van der Waals surface area contributed by atoms with Gasteiger partial charge < -0.3 is 0 Å². The van der Waals surface area contributed by atoms with E-state index in [1.165, 1.54) is 41.5 Å². The van der Waals surface area contributed by atoms with E-state index in [-0.39, 0.29) is 0 Å². The van der Waals surface area contributed by atoms with Crippen LogP contribution in [0.15, 0.2) is 22.9 Å². The van der Waals surface area contributed by atoms with Gasteiger partial charge in [0.25, 0.3) is 0 Å². The summed E-state index contributed by atoms with van der Waals surface area (Å²) in [6.45, 7) is 3.51. The average molecular weight is 250 g/mol. The van der Waals surface area contributed by atoms with E-state index in [4.69, 9.17) is 4.98 Å². The Hall–Kier alpha value is -0.710. The second-order valence-electron chi connectivity index (χ2n) is 4.10. The first kappa shape index (κ1) is 10.4. The fourth-order valence-corrected chi connectivity index (χ4v) is 3.69. The van der Waals surface area contributed by atoms with Gasteiger partial charge in [0, 0.05) is 11.9 Å². The van der Waals surface area contributed by atoms with Crippen LogP contribution in [0.25, 0.3) is 9.88 Å². The molecular formula is C12H14N2S2. The third-order valence-electron chi connectivity index (χ3n) is 2.87. The highest BCUT2D eigenvalue weighted by Gasteiger charge is 2.13. The second kappa shape index (κ2) is 4.65. The normalized spacial score (nSPS) is 17.0. The van der Waals surface area contributed by atoms with Crippen LogP contribution in [0.4, 0.5) is 0 Å². The van der Waals surface area contributed by atoms with Crippen LogP contribution in [-0.2, 0) is 6.54 Å². The largest absolute Gasteiger partial charge is 0.297 e. The van der Waals surface area contributed by atoms with E-state index < -0.39 is 0 Å². The summed E-state index contributed by atoms with van der Waals surface area (Å²) >= 11 is 3.53. The van der Waals surface area contributed by atoms with E-state index in [9.17, 15) is 0 Å². The lowest BCUT2D eigenvalue weighted by Gasteiger charge is -2.11. The molecule has 1 fully saturated rings. The Balaban J connectivity index is 1.72. The van der Waals surface area contributed by atoms with Gasteiger partial charge in [-0.15, -0.1) is 22.7 Å². The van der Waals surface area contributed by atoms with Gasteiger partial charge in [0.2, 0.25) is 0 Å². The van der Waals surface area contributed by atoms with Gasteiger partial charge in [-0.2, -0.15) is 0 Å². The molecule has 3 rings (SSSR count). The molecule has 3 heterocycles. The van der Waals surface area contributed by atoms with E-state index in [0.717, 1.165) is 6.54 Å². The Labute approximate surface area is 104 Å². The van der Waals surface area contributed by atoms with E-state index >= 15 is 0 Å². The Bertz CT molecular complexity index is 441. The van der Waals surface area contributed by atoms with Crippen molar-refractivity contribution in [2.75, 3.05) is 13.1 Å². The molecule has 4 heteroatoms. The van der Waals surface area contributed by atoms with Crippen molar-refractivity contribution in [2.45, 2.75) is 19.4 Å². The van der Waals surface area contributed by atoms with Crippen LogP contribution in [0.1, 0.15) is 18.5 Å². The summed E-state index contributed by atoms with van der Waals surface area (Å²) in [5, 5.41) is 5.48. The standard InChI is InChI=1S/C12H14N2S2/c1-2-6-14(5-1)8-10-9-16-12(13-10)11-4-3-7-15-11/h3-4,7,9H,1-2,5-6,8H2. The van der Waals surface area contributed by atoms with Crippen molar-refractivity contribution in [3.8, 4) is 9.88 Å². The van der Waals surface area contributed by atoms with Gasteiger partial charge >= 0.3 is 0 Å². The van der Waals surface area contributed by atoms with E-state index in [1.807, 2.05) is 0 Å². The minimum Gasteiger partial charge on any atom is -0.297 e. The van der Waals surface area contributed by atoms with Gasteiger partial charge in [0.15, 0.2) is 0 Å². The van der Waals surface area contributed by atoms with Crippen molar-refractivity contribution >= 4 is 22.7 Å². The van der Waals surface area contributed by atoms with E-state index in [0.29, 0.717) is 0 Å². The maximum absolute atomic E-state index is 4.70. The predicted molar refractivity (Wildman–Crippen MR) is 69.9 cm³/mol. The number of aromatic nitrogens is 1. The molecule has 0 atom stereocenters. The van der Waals surface area contributed by atoms with Gasteiger partial charge in [-0.1, -0.05) is 6.07 Å². The summed E-state index contributed by atoms with van der Waals surface area (Å²) in [5.74, 6) is 0. The minimum atomic E-state index is 1.03. The third kappa shape index (κ3) is 2.19. The predicted octanol–water partition coefficient (Wildman–Crippen LogP) is 3.47. The third-order valence-corrected chi connectivity index (χ3v) is 4.80. The highest BCUT2D eigenvalue weighted by atomic mass is 32.1. The van der Waals surface area contributed by atoms with Crippen molar-refractivity contribution in [3.63, 3.8) is 0 Å². The summed E-state index contributed by atoms with van der Waals surface area (Å²) < 4.78 is 0. The Morgan fingerprint density at radius 2 is 2.12 bits per heavy atom. The first-order valence-electron chi connectivity index (χ1n) is 5.62. The van der Waals surface area contributed by atoms with Crippen molar-refractivity contribution in [1.82, 2.24) is 9.88 Å². The maximum atomic E-state index is 4.70. The zero-order valence-corrected chi connectivity index (χ0v) is 10.7. The molecule has 0 bridgehead atoms. The van der Waals surface area contributed by atoms with Gasteiger partial charge in [-0.05, 0) is 37.4 Å². The number of thiazole rings is 1. The molecule has 84 valence electrons. The SMILES string of the molecule is c1csc(-c2nc(CN3CCCC3)cs2)c1. The molecule has 0 saturated carbocycles. The Morgan fingerprint density at radius 3 is 2.88 bits per heavy atom. The molecule has 0 spiro atoms. The molecule has 0 unspecified atom stereocenters. The molecule has 0 N–H and O–H groups in total.